The van der Waals surface area contributed by atoms with Gasteiger partial charge in [-0.2, -0.15) is 0 Å². The maximum absolute atomic E-state index is 12.9. The maximum atomic E-state index is 12.9. The van der Waals surface area contributed by atoms with Crippen molar-refractivity contribution in [2.75, 3.05) is 13.1 Å². The van der Waals surface area contributed by atoms with E-state index in [1.807, 2.05) is 23.6 Å². The molecule has 6 nitrogen and oxygen atoms in total. The normalized spacial score (nSPS) is 14.4. The van der Waals surface area contributed by atoms with Gasteiger partial charge < -0.3 is 14.2 Å². The summed E-state index contributed by atoms with van der Waals surface area (Å²) in [6, 6.07) is 7.26. The molecule has 0 radical (unpaired) electrons. The molecule has 0 atom stereocenters. The Labute approximate surface area is 153 Å². The summed E-state index contributed by atoms with van der Waals surface area (Å²) in [5, 5.41) is 7.04. The number of aryl methyl sites for hydroxylation is 1. The fourth-order valence-corrected chi connectivity index (χ4v) is 3.49. The summed E-state index contributed by atoms with van der Waals surface area (Å²) < 4.78 is 11.0. The number of ether oxygens (including phenoxy) is 1. The first-order valence-electron chi connectivity index (χ1n) is 7.70. The molecule has 0 N–H and O–H groups in total. The fraction of sp³-hybridized carbons (Fsp3) is 0.235. The molecule has 0 aliphatic carbocycles. The number of aromatic nitrogens is 2. The topological polar surface area (TPSA) is 68.5 Å². The van der Waals surface area contributed by atoms with E-state index >= 15 is 0 Å². The van der Waals surface area contributed by atoms with Crippen LogP contribution in [0, 0.1) is 6.92 Å². The van der Waals surface area contributed by atoms with Gasteiger partial charge in [-0.3, -0.25) is 4.79 Å². The van der Waals surface area contributed by atoms with Gasteiger partial charge in [0.25, 0.3) is 11.1 Å². The van der Waals surface area contributed by atoms with Crippen LogP contribution in [-0.4, -0.2) is 40.1 Å². The predicted molar refractivity (Wildman–Crippen MR) is 94.1 cm³/mol. The average Bonchev–Trinajstić information content (AvgIpc) is 3.20. The summed E-state index contributed by atoms with van der Waals surface area (Å²) in [6.07, 6.45) is 1.65. The van der Waals surface area contributed by atoms with Crippen LogP contribution in [0.1, 0.15) is 16.1 Å². The van der Waals surface area contributed by atoms with E-state index in [1.165, 1.54) is 11.3 Å². The smallest absolute Gasteiger partial charge is 0.273 e. The number of carbonyl (C=O) groups is 1. The first-order valence-corrected chi connectivity index (χ1v) is 8.96. The zero-order chi connectivity index (χ0) is 17.4. The van der Waals surface area contributed by atoms with Crippen molar-refractivity contribution in [1.29, 1.82) is 0 Å². The molecule has 128 valence electrons. The van der Waals surface area contributed by atoms with Gasteiger partial charge in [0, 0.05) is 17.1 Å². The average molecular weight is 376 g/mol. The van der Waals surface area contributed by atoms with Gasteiger partial charge in [-0.1, -0.05) is 46.3 Å². The van der Waals surface area contributed by atoms with Gasteiger partial charge in [-0.05, 0) is 13.0 Å². The lowest BCUT2D eigenvalue weighted by atomic mass is 10.0. The first-order chi connectivity index (χ1) is 12.1. The summed E-state index contributed by atoms with van der Waals surface area (Å²) in [5.41, 5.74) is 1.60. The Morgan fingerprint density at radius 2 is 2.20 bits per heavy atom. The van der Waals surface area contributed by atoms with E-state index in [4.69, 9.17) is 20.9 Å². The van der Waals surface area contributed by atoms with Crippen molar-refractivity contribution in [3.8, 4) is 16.5 Å². The highest BCUT2D eigenvalue weighted by Crippen LogP contribution is 2.32. The molecule has 1 amide bonds. The number of nitrogens with zero attached hydrogens (tertiary/aromatic N) is 3. The maximum Gasteiger partial charge on any atom is 0.273 e. The van der Waals surface area contributed by atoms with Crippen molar-refractivity contribution in [2.24, 2.45) is 0 Å². The van der Waals surface area contributed by atoms with E-state index in [9.17, 15) is 4.79 Å². The van der Waals surface area contributed by atoms with E-state index < -0.39 is 0 Å². The minimum atomic E-state index is -0.132. The molecule has 4 rings (SSSR count). The van der Waals surface area contributed by atoms with Gasteiger partial charge in [-0.25, -0.2) is 4.98 Å². The van der Waals surface area contributed by atoms with Crippen LogP contribution in [0.15, 0.2) is 40.4 Å². The minimum absolute atomic E-state index is 0.0426. The van der Waals surface area contributed by atoms with Crippen molar-refractivity contribution < 1.29 is 14.1 Å². The van der Waals surface area contributed by atoms with E-state index in [1.54, 1.807) is 24.1 Å². The molecule has 1 aliphatic rings. The third kappa shape index (κ3) is 3.01. The molecule has 0 bridgehead atoms. The molecule has 1 aliphatic heterocycles. The van der Waals surface area contributed by atoms with Crippen LogP contribution in [0.4, 0.5) is 0 Å². The Morgan fingerprint density at radius 3 is 2.92 bits per heavy atom. The molecular weight excluding hydrogens is 362 g/mol. The fourth-order valence-electron chi connectivity index (χ4n) is 2.71. The number of benzene rings is 1. The number of halogens is 1. The predicted octanol–water partition coefficient (Wildman–Crippen LogP) is 3.66. The SMILES string of the molecule is Cc1onc(-c2ccccc2Cl)c1C(=O)N1CC(Oc2nccs2)C1. The van der Waals surface area contributed by atoms with Gasteiger partial charge in [0.1, 0.15) is 23.1 Å². The first kappa shape index (κ1) is 16.1. The van der Waals surface area contributed by atoms with Crippen molar-refractivity contribution >= 4 is 28.8 Å². The van der Waals surface area contributed by atoms with Crippen molar-refractivity contribution in [2.45, 2.75) is 13.0 Å². The molecule has 1 fully saturated rings. The van der Waals surface area contributed by atoms with Crippen molar-refractivity contribution in [1.82, 2.24) is 15.0 Å². The minimum Gasteiger partial charge on any atom is -0.463 e. The van der Waals surface area contributed by atoms with E-state index in [0.29, 0.717) is 45.9 Å². The Morgan fingerprint density at radius 1 is 1.40 bits per heavy atom. The summed E-state index contributed by atoms with van der Waals surface area (Å²) in [5.74, 6) is 0.344. The molecule has 1 saturated heterocycles. The zero-order valence-corrected chi connectivity index (χ0v) is 14.9. The molecular formula is C17H14ClN3O3S. The second-order valence-corrected chi connectivity index (χ2v) is 6.95. The van der Waals surface area contributed by atoms with Crippen LogP contribution in [0.3, 0.4) is 0 Å². The summed E-state index contributed by atoms with van der Waals surface area (Å²) in [6.45, 7) is 2.74. The molecule has 3 heterocycles. The van der Waals surface area contributed by atoms with Crippen LogP contribution in [0.25, 0.3) is 11.3 Å². The summed E-state index contributed by atoms with van der Waals surface area (Å²) in [4.78, 5) is 18.7. The lowest BCUT2D eigenvalue weighted by molar-refractivity contribution is 0.0176. The lowest BCUT2D eigenvalue weighted by Crippen LogP contribution is -2.56. The molecule has 8 heteroatoms. The highest BCUT2D eigenvalue weighted by Gasteiger charge is 2.36. The zero-order valence-electron chi connectivity index (χ0n) is 13.3. The van der Waals surface area contributed by atoms with Gasteiger partial charge in [0.2, 0.25) is 0 Å². The van der Waals surface area contributed by atoms with E-state index in [0.717, 1.165) is 0 Å². The number of carbonyl (C=O) groups excluding carboxylic acids is 1. The van der Waals surface area contributed by atoms with Gasteiger partial charge >= 0.3 is 0 Å². The second-order valence-electron chi connectivity index (χ2n) is 5.69. The van der Waals surface area contributed by atoms with Gasteiger partial charge in [-0.15, -0.1) is 0 Å². The quantitative estimate of drug-likeness (QED) is 0.696. The number of hydrogen-bond acceptors (Lipinski definition) is 6. The highest BCUT2D eigenvalue weighted by molar-refractivity contribution is 7.11. The summed E-state index contributed by atoms with van der Waals surface area (Å²) in [7, 11) is 0. The number of amides is 1. The molecule has 0 unspecified atom stereocenters. The van der Waals surface area contributed by atoms with Crippen molar-refractivity contribution in [3.63, 3.8) is 0 Å². The standard InChI is InChI=1S/C17H14ClN3O3S/c1-10-14(15(20-24-10)12-4-2-3-5-13(12)18)16(22)21-8-11(9-21)23-17-19-6-7-25-17/h2-7,11H,8-9H2,1H3. The number of likely N-dealkylation sites (tertiary alicyclic amines) is 1. The van der Waals surface area contributed by atoms with E-state index in [2.05, 4.69) is 10.1 Å². The highest BCUT2D eigenvalue weighted by atomic mass is 35.5. The van der Waals surface area contributed by atoms with Gasteiger partial charge in [0.05, 0.1) is 18.1 Å². The molecule has 25 heavy (non-hydrogen) atoms. The summed E-state index contributed by atoms with van der Waals surface area (Å²) >= 11 is 7.68. The molecule has 0 saturated carbocycles. The Balaban J connectivity index is 1.52. The molecule has 0 spiro atoms. The largest absolute Gasteiger partial charge is 0.463 e. The number of rotatable bonds is 4. The van der Waals surface area contributed by atoms with Crippen molar-refractivity contribution in [3.05, 3.63) is 52.2 Å². The Kier molecular flexibility index (Phi) is 4.19. The molecule has 3 aromatic rings. The molecule has 1 aromatic carbocycles. The third-order valence-corrected chi connectivity index (χ3v) is 5.01. The van der Waals surface area contributed by atoms with Crippen LogP contribution < -0.4 is 4.74 Å². The van der Waals surface area contributed by atoms with Crippen LogP contribution >= 0.6 is 22.9 Å². The number of thiazole rings is 1. The van der Waals surface area contributed by atoms with E-state index in [-0.39, 0.29) is 12.0 Å². The lowest BCUT2D eigenvalue weighted by Gasteiger charge is -2.38. The van der Waals surface area contributed by atoms with Crippen LogP contribution in [-0.2, 0) is 0 Å². The third-order valence-electron chi connectivity index (χ3n) is 4.02. The van der Waals surface area contributed by atoms with Crippen LogP contribution in [0.5, 0.6) is 5.19 Å². The number of hydrogen-bond donors (Lipinski definition) is 0. The Bertz CT molecular complexity index is 904. The molecule has 2 aromatic heterocycles. The monoisotopic (exact) mass is 375 g/mol. The van der Waals surface area contributed by atoms with Crippen LogP contribution in [0.2, 0.25) is 5.02 Å². The second kappa shape index (κ2) is 6.50. The van der Waals surface area contributed by atoms with Gasteiger partial charge in [0.15, 0.2) is 0 Å². The Hall–Kier alpha value is -2.38.